The first-order valence-electron chi connectivity index (χ1n) is 9.00. The molecule has 0 aromatic heterocycles. The molecule has 0 heterocycles. The van der Waals surface area contributed by atoms with E-state index < -0.39 is 18.5 Å². The van der Waals surface area contributed by atoms with Crippen molar-refractivity contribution in [2.75, 3.05) is 27.4 Å². The lowest BCUT2D eigenvalue weighted by Gasteiger charge is -2.10. The summed E-state index contributed by atoms with van der Waals surface area (Å²) in [6.45, 7) is -0.0532. The molecule has 29 heavy (non-hydrogen) atoms. The van der Waals surface area contributed by atoms with Crippen molar-refractivity contribution in [3.8, 4) is 11.5 Å². The zero-order valence-electron chi connectivity index (χ0n) is 16.4. The average Bonchev–Trinajstić information content (AvgIpc) is 2.76. The van der Waals surface area contributed by atoms with Crippen molar-refractivity contribution in [3.05, 3.63) is 59.7 Å². The van der Waals surface area contributed by atoms with E-state index in [4.69, 9.17) is 14.2 Å². The molecule has 154 valence electrons. The summed E-state index contributed by atoms with van der Waals surface area (Å²) in [6.07, 6.45) is -0.0549. The lowest BCUT2D eigenvalue weighted by atomic mass is 10.2. The second-order valence-corrected chi connectivity index (χ2v) is 5.96. The van der Waals surface area contributed by atoms with Crippen molar-refractivity contribution in [1.29, 1.82) is 0 Å². The fourth-order valence-electron chi connectivity index (χ4n) is 2.52. The van der Waals surface area contributed by atoms with E-state index in [2.05, 4.69) is 10.6 Å². The molecule has 2 N–H and O–H groups in total. The molecule has 2 rings (SSSR count). The lowest BCUT2D eigenvalue weighted by molar-refractivity contribution is -0.148. The van der Waals surface area contributed by atoms with E-state index in [0.29, 0.717) is 17.1 Å². The van der Waals surface area contributed by atoms with Gasteiger partial charge in [-0.15, -0.1) is 0 Å². The molecule has 0 bridgehead atoms. The Morgan fingerprint density at radius 2 is 1.52 bits per heavy atom. The van der Waals surface area contributed by atoms with Crippen molar-refractivity contribution < 1.29 is 28.6 Å². The number of benzene rings is 2. The van der Waals surface area contributed by atoms with Crippen molar-refractivity contribution in [2.45, 2.75) is 13.0 Å². The number of esters is 1. The van der Waals surface area contributed by atoms with E-state index in [9.17, 15) is 14.4 Å². The third-order valence-electron chi connectivity index (χ3n) is 4.00. The number of hydrogen-bond acceptors (Lipinski definition) is 6. The van der Waals surface area contributed by atoms with Crippen molar-refractivity contribution in [2.24, 2.45) is 0 Å². The van der Waals surface area contributed by atoms with Gasteiger partial charge in [0.05, 0.1) is 26.2 Å². The van der Waals surface area contributed by atoms with Crippen LogP contribution in [0.15, 0.2) is 48.5 Å². The standard InChI is InChI=1S/C21H24N2O6/c1-27-17-9-5-3-7-15(17)13-23-19(24)14-29-20(25)11-12-22-21(26)16-8-4-6-10-18(16)28-2/h3-10H,11-14H2,1-2H3,(H,22,26)(H,23,24). The minimum atomic E-state index is -0.585. The zero-order valence-corrected chi connectivity index (χ0v) is 16.4. The Morgan fingerprint density at radius 3 is 2.24 bits per heavy atom. The van der Waals surface area contributed by atoms with Crippen LogP contribution >= 0.6 is 0 Å². The third kappa shape index (κ3) is 6.84. The quantitative estimate of drug-likeness (QED) is 0.589. The Hall–Kier alpha value is -3.55. The molecule has 2 amide bonds. The summed E-state index contributed by atoms with van der Waals surface area (Å²) >= 11 is 0. The highest BCUT2D eigenvalue weighted by atomic mass is 16.5. The van der Waals surface area contributed by atoms with Crippen molar-refractivity contribution in [3.63, 3.8) is 0 Å². The summed E-state index contributed by atoms with van der Waals surface area (Å²) in [6, 6.07) is 14.1. The van der Waals surface area contributed by atoms with Gasteiger partial charge >= 0.3 is 5.97 Å². The van der Waals surface area contributed by atoms with Gasteiger partial charge in [-0.2, -0.15) is 0 Å². The first-order chi connectivity index (χ1) is 14.0. The Labute approximate surface area is 169 Å². The predicted molar refractivity (Wildman–Crippen MR) is 106 cm³/mol. The highest BCUT2D eigenvalue weighted by molar-refractivity contribution is 5.97. The fourth-order valence-corrected chi connectivity index (χ4v) is 2.52. The molecule has 0 aliphatic heterocycles. The molecule has 2 aromatic carbocycles. The van der Waals surface area contributed by atoms with Crippen LogP contribution in [0.2, 0.25) is 0 Å². The molecule has 8 nitrogen and oxygen atoms in total. The summed E-state index contributed by atoms with van der Waals surface area (Å²) in [5, 5.41) is 5.28. The van der Waals surface area contributed by atoms with Crippen molar-refractivity contribution >= 4 is 17.8 Å². The molecule has 0 saturated heterocycles. The molecular weight excluding hydrogens is 376 g/mol. The highest BCUT2D eigenvalue weighted by Gasteiger charge is 2.13. The molecular formula is C21H24N2O6. The summed E-state index contributed by atoms with van der Waals surface area (Å²) < 4.78 is 15.3. The van der Waals surface area contributed by atoms with Crippen LogP contribution in [0.25, 0.3) is 0 Å². The van der Waals surface area contributed by atoms with Gasteiger partial charge in [0.1, 0.15) is 11.5 Å². The summed E-state index contributed by atoms with van der Waals surface area (Å²) in [5.41, 5.74) is 1.19. The number of ether oxygens (including phenoxy) is 3. The van der Waals surface area contributed by atoms with E-state index in [1.807, 2.05) is 18.2 Å². The SMILES string of the molecule is COc1ccccc1CNC(=O)COC(=O)CCNC(=O)c1ccccc1OC. The van der Waals surface area contributed by atoms with Crippen LogP contribution in [0.1, 0.15) is 22.3 Å². The molecule has 8 heteroatoms. The maximum Gasteiger partial charge on any atom is 0.308 e. The van der Waals surface area contributed by atoms with Crippen LogP contribution in [-0.2, 0) is 20.9 Å². The maximum absolute atomic E-state index is 12.1. The van der Waals surface area contributed by atoms with Gasteiger partial charge in [0.15, 0.2) is 6.61 Å². The van der Waals surface area contributed by atoms with E-state index >= 15 is 0 Å². The monoisotopic (exact) mass is 400 g/mol. The summed E-state index contributed by atoms with van der Waals surface area (Å²) in [5.74, 6) is -0.264. The molecule has 2 aromatic rings. The maximum atomic E-state index is 12.1. The Morgan fingerprint density at radius 1 is 0.862 bits per heavy atom. The van der Waals surface area contributed by atoms with E-state index in [0.717, 1.165) is 5.56 Å². The first kappa shape index (κ1) is 21.7. The molecule has 0 atom stereocenters. The smallest absolute Gasteiger partial charge is 0.308 e. The van der Waals surface area contributed by atoms with Gasteiger partial charge in [-0.1, -0.05) is 30.3 Å². The molecule has 0 saturated carbocycles. The molecule has 0 unspecified atom stereocenters. The number of rotatable bonds is 10. The highest BCUT2D eigenvalue weighted by Crippen LogP contribution is 2.17. The van der Waals surface area contributed by atoms with Gasteiger partial charge < -0.3 is 24.8 Å². The van der Waals surface area contributed by atoms with Crippen molar-refractivity contribution in [1.82, 2.24) is 10.6 Å². The lowest BCUT2D eigenvalue weighted by Crippen LogP contribution is -2.30. The van der Waals surface area contributed by atoms with Gasteiger partial charge in [-0.3, -0.25) is 14.4 Å². The largest absolute Gasteiger partial charge is 0.496 e. The van der Waals surface area contributed by atoms with E-state index in [1.165, 1.54) is 7.11 Å². The minimum absolute atomic E-state index is 0.0549. The second-order valence-electron chi connectivity index (χ2n) is 5.96. The van der Waals surface area contributed by atoms with Gasteiger partial charge in [0.2, 0.25) is 0 Å². The molecule has 0 radical (unpaired) electrons. The molecule has 0 aliphatic rings. The van der Waals surface area contributed by atoms with Gasteiger partial charge in [-0.25, -0.2) is 0 Å². The van der Waals surface area contributed by atoms with Crippen LogP contribution < -0.4 is 20.1 Å². The second kappa shape index (κ2) is 11.3. The number of nitrogens with one attached hydrogen (secondary N) is 2. The van der Waals surface area contributed by atoms with Crippen LogP contribution in [0.3, 0.4) is 0 Å². The Balaban J connectivity index is 1.67. The Bertz CT molecular complexity index is 853. The normalized spacial score (nSPS) is 10.0. The van der Waals surface area contributed by atoms with E-state index in [1.54, 1.807) is 37.4 Å². The number of carbonyl (C=O) groups excluding carboxylic acids is 3. The first-order valence-corrected chi connectivity index (χ1v) is 9.00. The number of amides is 2. The van der Waals surface area contributed by atoms with Crippen LogP contribution in [-0.4, -0.2) is 45.2 Å². The van der Waals surface area contributed by atoms with Crippen LogP contribution in [0.5, 0.6) is 11.5 Å². The summed E-state index contributed by atoms with van der Waals surface area (Å²) in [7, 11) is 3.03. The summed E-state index contributed by atoms with van der Waals surface area (Å²) in [4.78, 5) is 35.7. The minimum Gasteiger partial charge on any atom is -0.496 e. The number of methoxy groups -OCH3 is 2. The van der Waals surface area contributed by atoms with Crippen LogP contribution in [0.4, 0.5) is 0 Å². The Kier molecular flexibility index (Phi) is 8.50. The fraction of sp³-hybridized carbons (Fsp3) is 0.286. The average molecular weight is 400 g/mol. The van der Waals surface area contributed by atoms with Crippen LogP contribution in [0, 0.1) is 0 Å². The van der Waals surface area contributed by atoms with Gasteiger partial charge in [0, 0.05) is 18.7 Å². The van der Waals surface area contributed by atoms with Gasteiger partial charge in [0.25, 0.3) is 11.8 Å². The number of hydrogen-bond donors (Lipinski definition) is 2. The van der Waals surface area contributed by atoms with Gasteiger partial charge in [-0.05, 0) is 18.2 Å². The number of para-hydroxylation sites is 2. The third-order valence-corrected chi connectivity index (χ3v) is 4.00. The number of carbonyl (C=O) groups is 3. The molecule has 0 spiro atoms. The topological polar surface area (TPSA) is 103 Å². The van der Waals surface area contributed by atoms with E-state index in [-0.39, 0.29) is 25.4 Å². The molecule has 0 aliphatic carbocycles. The predicted octanol–water partition coefficient (Wildman–Crippen LogP) is 1.68. The molecule has 0 fully saturated rings. The zero-order chi connectivity index (χ0) is 21.1.